The van der Waals surface area contributed by atoms with Crippen LogP contribution < -0.4 is 5.73 Å². The first-order valence-electron chi connectivity index (χ1n) is 4.56. The summed E-state index contributed by atoms with van der Waals surface area (Å²) >= 11 is 0. The van der Waals surface area contributed by atoms with Crippen LogP contribution in [0, 0.1) is 6.92 Å². The molecule has 1 aromatic rings. The molecule has 2 heteroatoms. The fourth-order valence-electron chi connectivity index (χ4n) is 1.21. The summed E-state index contributed by atoms with van der Waals surface area (Å²) in [4.78, 5) is 0. The molecular formula is C11H17NO. The van der Waals surface area contributed by atoms with Gasteiger partial charge >= 0.3 is 0 Å². The number of rotatable bonds is 2. The van der Waals surface area contributed by atoms with Crippen molar-refractivity contribution >= 4 is 0 Å². The lowest BCUT2D eigenvalue weighted by atomic mass is 9.89. The lowest BCUT2D eigenvalue weighted by molar-refractivity contribution is 0.461. The number of aryl methyl sites for hydroxylation is 1. The summed E-state index contributed by atoms with van der Waals surface area (Å²) in [6, 6.07) is 5.52. The molecule has 0 aliphatic heterocycles. The van der Waals surface area contributed by atoms with Crippen LogP contribution in [0.1, 0.15) is 31.4 Å². The molecule has 1 atom stereocenters. The van der Waals surface area contributed by atoms with Crippen molar-refractivity contribution in [3.05, 3.63) is 29.3 Å². The van der Waals surface area contributed by atoms with Crippen molar-refractivity contribution in [3.8, 4) is 5.75 Å². The topological polar surface area (TPSA) is 46.2 Å². The molecule has 0 unspecified atom stereocenters. The van der Waals surface area contributed by atoms with Crippen LogP contribution in [0.5, 0.6) is 5.75 Å². The fraction of sp³-hybridized carbons (Fsp3) is 0.455. The van der Waals surface area contributed by atoms with Crippen molar-refractivity contribution in [2.24, 2.45) is 5.73 Å². The highest BCUT2D eigenvalue weighted by Gasteiger charge is 2.18. The summed E-state index contributed by atoms with van der Waals surface area (Å²) in [5.41, 5.74) is 7.73. The molecule has 0 saturated carbocycles. The van der Waals surface area contributed by atoms with Gasteiger partial charge in [-0.1, -0.05) is 19.1 Å². The Balaban J connectivity index is 3.10. The largest absolute Gasteiger partial charge is 0.508 e. The van der Waals surface area contributed by atoms with E-state index in [0.29, 0.717) is 5.75 Å². The molecule has 0 spiro atoms. The number of phenols is 1. The Bertz CT molecular complexity index is 305. The van der Waals surface area contributed by atoms with Crippen molar-refractivity contribution in [1.29, 1.82) is 0 Å². The average Bonchev–Trinajstić information content (AvgIpc) is 2.09. The molecule has 1 aromatic carbocycles. The molecule has 0 aromatic heterocycles. The molecule has 0 saturated heterocycles. The van der Waals surface area contributed by atoms with Gasteiger partial charge in [0.2, 0.25) is 0 Å². The normalized spacial score (nSPS) is 15.4. The molecule has 0 heterocycles. The van der Waals surface area contributed by atoms with E-state index in [1.54, 1.807) is 6.07 Å². The van der Waals surface area contributed by atoms with Gasteiger partial charge in [0.1, 0.15) is 5.75 Å². The lowest BCUT2D eigenvalue weighted by Crippen LogP contribution is -2.31. The number of nitrogens with two attached hydrogens (primary N) is 1. The van der Waals surface area contributed by atoms with Crippen molar-refractivity contribution in [2.75, 3.05) is 0 Å². The second kappa shape index (κ2) is 3.38. The van der Waals surface area contributed by atoms with Gasteiger partial charge < -0.3 is 10.8 Å². The summed E-state index contributed by atoms with van der Waals surface area (Å²) < 4.78 is 0. The highest BCUT2D eigenvalue weighted by atomic mass is 16.3. The second-order valence-corrected chi connectivity index (χ2v) is 3.77. The molecule has 1 rings (SSSR count). The minimum Gasteiger partial charge on any atom is -0.508 e. The zero-order valence-electron chi connectivity index (χ0n) is 8.46. The summed E-state index contributed by atoms with van der Waals surface area (Å²) in [6.45, 7) is 5.94. The van der Waals surface area contributed by atoms with E-state index in [2.05, 4.69) is 6.92 Å². The number of phenolic OH excluding ortho intramolecular Hbond substituents is 1. The van der Waals surface area contributed by atoms with Gasteiger partial charge in [-0.2, -0.15) is 0 Å². The molecule has 13 heavy (non-hydrogen) atoms. The first-order valence-corrected chi connectivity index (χ1v) is 4.56. The molecule has 3 N–H and O–H groups in total. The molecule has 0 radical (unpaired) electrons. The first-order chi connectivity index (χ1) is 5.97. The Hall–Kier alpha value is -1.02. The van der Waals surface area contributed by atoms with E-state index in [1.165, 1.54) is 0 Å². The Morgan fingerprint density at radius 2 is 2.08 bits per heavy atom. The molecule has 0 aliphatic rings. The van der Waals surface area contributed by atoms with Crippen molar-refractivity contribution in [1.82, 2.24) is 0 Å². The lowest BCUT2D eigenvalue weighted by Gasteiger charge is -2.23. The molecule has 0 amide bonds. The van der Waals surface area contributed by atoms with Gasteiger partial charge in [-0.25, -0.2) is 0 Å². The maximum Gasteiger partial charge on any atom is 0.118 e. The molecule has 0 fully saturated rings. The summed E-state index contributed by atoms with van der Waals surface area (Å²) in [6.07, 6.45) is 0.886. The van der Waals surface area contributed by atoms with E-state index in [0.717, 1.165) is 17.5 Å². The van der Waals surface area contributed by atoms with E-state index >= 15 is 0 Å². The van der Waals surface area contributed by atoms with Crippen molar-refractivity contribution in [3.63, 3.8) is 0 Å². The Morgan fingerprint density at radius 1 is 1.46 bits per heavy atom. The minimum atomic E-state index is -0.293. The Kier molecular flexibility index (Phi) is 2.62. The fourth-order valence-corrected chi connectivity index (χ4v) is 1.21. The van der Waals surface area contributed by atoms with Gasteiger partial charge in [0, 0.05) is 5.54 Å². The zero-order chi connectivity index (χ0) is 10.1. The average molecular weight is 179 g/mol. The predicted octanol–water partition coefficient (Wildman–Crippen LogP) is 2.28. The van der Waals surface area contributed by atoms with Crippen molar-refractivity contribution < 1.29 is 5.11 Å². The Labute approximate surface area is 79.4 Å². The van der Waals surface area contributed by atoms with Crippen LogP contribution in [0.25, 0.3) is 0 Å². The summed E-state index contributed by atoms with van der Waals surface area (Å²) in [5, 5.41) is 9.34. The van der Waals surface area contributed by atoms with Gasteiger partial charge in [0.05, 0.1) is 0 Å². The molecule has 0 aliphatic carbocycles. The van der Waals surface area contributed by atoms with Crippen LogP contribution in [-0.2, 0) is 5.54 Å². The van der Waals surface area contributed by atoms with Crippen LogP contribution in [0.3, 0.4) is 0 Å². The van der Waals surface area contributed by atoms with Crippen LogP contribution in [0.15, 0.2) is 18.2 Å². The van der Waals surface area contributed by atoms with Crippen molar-refractivity contribution in [2.45, 2.75) is 32.7 Å². The molecule has 72 valence electrons. The molecule has 2 nitrogen and oxygen atoms in total. The number of hydrogen-bond donors (Lipinski definition) is 2. The first kappa shape index (κ1) is 10.1. The van der Waals surface area contributed by atoms with Crippen LogP contribution in [0.2, 0.25) is 0 Å². The van der Waals surface area contributed by atoms with E-state index in [-0.39, 0.29) is 5.54 Å². The SMILES string of the molecule is CC[C@@](C)(N)c1ccc(O)c(C)c1. The summed E-state index contributed by atoms with van der Waals surface area (Å²) in [5.74, 6) is 0.329. The molecular weight excluding hydrogens is 162 g/mol. The Morgan fingerprint density at radius 3 is 2.54 bits per heavy atom. The predicted molar refractivity (Wildman–Crippen MR) is 54.7 cm³/mol. The maximum atomic E-state index is 9.34. The zero-order valence-corrected chi connectivity index (χ0v) is 8.46. The smallest absolute Gasteiger partial charge is 0.118 e. The molecule has 0 bridgehead atoms. The van der Waals surface area contributed by atoms with Gasteiger partial charge in [0.15, 0.2) is 0 Å². The number of aromatic hydroxyl groups is 1. The van der Waals surface area contributed by atoms with Gasteiger partial charge in [-0.15, -0.1) is 0 Å². The van der Waals surface area contributed by atoms with E-state index < -0.39 is 0 Å². The quantitative estimate of drug-likeness (QED) is 0.731. The summed E-state index contributed by atoms with van der Waals surface area (Å²) in [7, 11) is 0. The van der Waals surface area contributed by atoms with E-state index in [4.69, 9.17) is 5.73 Å². The van der Waals surface area contributed by atoms with Gasteiger partial charge in [-0.3, -0.25) is 0 Å². The highest BCUT2D eigenvalue weighted by molar-refractivity contribution is 5.37. The van der Waals surface area contributed by atoms with Crippen LogP contribution in [-0.4, -0.2) is 5.11 Å². The maximum absolute atomic E-state index is 9.34. The monoisotopic (exact) mass is 179 g/mol. The van der Waals surface area contributed by atoms with E-state index in [9.17, 15) is 5.11 Å². The van der Waals surface area contributed by atoms with E-state index in [1.807, 2.05) is 26.0 Å². The minimum absolute atomic E-state index is 0.293. The third kappa shape index (κ3) is 2.01. The van der Waals surface area contributed by atoms with Gasteiger partial charge in [-0.05, 0) is 37.5 Å². The number of benzene rings is 1. The van der Waals surface area contributed by atoms with Crippen LogP contribution in [0.4, 0.5) is 0 Å². The highest BCUT2D eigenvalue weighted by Crippen LogP contribution is 2.25. The standard InChI is InChI=1S/C11H17NO/c1-4-11(3,12)9-5-6-10(13)8(2)7-9/h5-7,13H,4,12H2,1-3H3/t11-/m1/s1. The van der Waals surface area contributed by atoms with Gasteiger partial charge in [0.25, 0.3) is 0 Å². The number of hydrogen-bond acceptors (Lipinski definition) is 2. The third-order valence-corrected chi connectivity index (χ3v) is 2.59. The second-order valence-electron chi connectivity index (χ2n) is 3.77. The van der Waals surface area contributed by atoms with Crippen LogP contribution >= 0.6 is 0 Å². The third-order valence-electron chi connectivity index (χ3n) is 2.59.